The largest absolute Gasteiger partial charge is 0.493 e. The van der Waals surface area contributed by atoms with E-state index in [1.807, 2.05) is 0 Å². The highest BCUT2D eigenvalue weighted by molar-refractivity contribution is 5.99. The van der Waals surface area contributed by atoms with Gasteiger partial charge in [-0.15, -0.1) is 0 Å². The molecule has 0 unspecified atom stereocenters. The third-order valence-corrected chi connectivity index (χ3v) is 3.95. The van der Waals surface area contributed by atoms with Gasteiger partial charge < -0.3 is 19.5 Å². The van der Waals surface area contributed by atoms with Gasteiger partial charge in [-0.05, 0) is 19.1 Å². The van der Waals surface area contributed by atoms with Gasteiger partial charge in [0, 0.05) is 16.8 Å². The van der Waals surface area contributed by atoms with Gasteiger partial charge in [0.05, 0.1) is 0 Å². The fraction of sp³-hybridized carbons (Fsp3) is 0.190. The first-order valence-electron chi connectivity index (χ1n) is 8.67. The topological polar surface area (TPSA) is 90.9 Å². The zero-order valence-corrected chi connectivity index (χ0v) is 15.2. The molecule has 1 N–H and O–H groups in total. The molecule has 7 heteroatoms. The number of rotatable bonds is 6. The van der Waals surface area contributed by atoms with E-state index in [0.717, 1.165) is 0 Å². The van der Waals surface area contributed by atoms with Crippen LogP contribution in [0.3, 0.4) is 0 Å². The molecule has 3 rings (SSSR count). The Hall–Kier alpha value is -3.61. The Morgan fingerprint density at radius 3 is 2.50 bits per heavy atom. The first-order chi connectivity index (χ1) is 13.5. The van der Waals surface area contributed by atoms with Crippen LogP contribution in [0.25, 0.3) is 0 Å². The van der Waals surface area contributed by atoms with Crippen LogP contribution in [-0.4, -0.2) is 30.9 Å². The molecule has 0 radical (unpaired) electrons. The van der Waals surface area contributed by atoms with Crippen molar-refractivity contribution in [1.29, 1.82) is 0 Å². The van der Waals surface area contributed by atoms with Gasteiger partial charge in [0.25, 0.3) is 5.91 Å². The number of amides is 1. The first-order valence-corrected chi connectivity index (χ1v) is 8.67. The zero-order chi connectivity index (χ0) is 19.9. The molecule has 2 aromatic carbocycles. The lowest BCUT2D eigenvalue weighted by molar-refractivity contribution is -0.155. The van der Waals surface area contributed by atoms with E-state index in [9.17, 15) is 14.4 Å². The molecule has 28 heavy (non-hydrogen) atoms. The number of Topliss-reactive ketones (excluding diaryl/α,β-unsaturated/α-hetero) is 1. The lowest BCUT2D eigenvalue weighted by Gasteiger charge is -2.20. The van der Waals surface area contributed by atoms with Crippen molar-refractivity contribution in [3.63, 3.8) is 0 Å². The number of ether oxygens (including phenoxy) is 3. The molecule has 0 saturated carbocycles. The van der Waals surface area contributed by atoms with Crippen molar-refractivity contribution in [2.24, 2.45) is 0 Å². The van der Waals surface area contributed by atoms with Crippen molar-refractivity contribution in [3.8, 4) is 0 Å². The van der Waals surface area contributed by atoms with Gasteiger partial charge in [-0.3, -0.25) is 9.59 Å². The number of benzene rings is 2. The molecule has 0 saturated heterocycles. The van der Waals surface area contributed by atoms with Gasteiger partial charge in [0.1, 0.15) is 19.5 Å². The van der Waals surface area contributed by atoms with E-state index in [1.165, 1.54) is 13.2 Å². The predicted molar refractivity (Wildman–Crippen MR) is 100 cm³/mol. The predicted octanol–water partition coefficient (Wildman–Crippen LogP) is 3.00. The smallest absolute Gasteiger partial charge is 0.378 e. The Bertz CT molecular complexity index is 906. The second kappa shape index (κ2) is 8.85. The molecule has 144 valence electrons. The van der Waals surface area contributed by atoms with E-state index < -0.39 is 18.0 Å². The molecule has 1 aliphatic heterocycles. The Morgan fingerprint density at radius 2 is 1.82 bits per heavy atom. The van der Waals surface area contributed by atoms with Crippen LogP contribution >= 0.6 is 0 Å². The number of ketones is 1. The summed E-state index contributed by atoms with van der Waals surface area (Å²) in [5, 5.41) is 2.68. The molecule has 0 spiro atoms. The molecule has 1 aliphatic rings. The molecule has 1 amide bonds. The number of anilines is 1. The summed E-state index contributed by atoms with van der Waals surface area (Å²) in [5.41, 5.74) is 1.38. The SMILES string of the molecule is CC(=O)c1cccc(NC(=O)[C@@H](OC(=O)C2=COCCO2)c2ccccc2)c1. The van der Waals surface area contributed by atoms with E-state index in [1.54, 1.807) is 54.6 Å². The molecule has 1 atom stereocenters. The average Bonchev–Trinajstić information content (AvgIpc) is 2.73. The monoisotopic (exact) mass is 381 g/mol. The number of hydrogen-bond acceptors (Lipinski definition) is 6. The number of esters is 1. The van der Waals surface area contributed by atoms with Crippen LogP contribution in [0.15, 0.2) is 66.6 Å². The highest BCUT2D eigenvalue weighted by atomic mass is 16.6. The van der Waals surface area contributed by atoms with Crippen molar-refractivity contribution < 1.29 is 28.6 Å². The summed E-state index contributed by atoms with van der Waals surface area (Å²) < 4.78 is 15.7. The molecular formula is C21H19NO6. The van der Waals surface area contributed by atoms with E-state index in [4.69, 9.17) is 14.2 Å². The van der Waals surface area contributed by atoms with E-state index in [0.29, 0.717) is 23.4 Å². The van der Waals surface area contributed by atoms with Crippen molar-refractivity contribution in [1.82, 2.24) is 0 Å². The molecule has 1 heterocycles. The summed E-state index contributed by atoms with van der Waals surface area (Å²) in [4.78, 5) is 36.8. The highest BCUT2D eigenvalue weighted by Crippen LogP contribution is 2.22. The first kappa shape index (κ1) is 19.2. The van der Waals surface area contributed by atoms with Crippen molar-refractivity contribution in [2.45, 2.75) is 13.0 Å². The summed E-state index contributed by atoms with van der Waals surface area (Å²) in [6.45, 7) is 2.00. The third-order valence-electron chi connectivity index (χ3n) is 3.95. The maximum Gasteiger partial charge on any atom is 0.378 e. The molecule has 0 aromatic heterocycles. The van der Waals surface area contributed by atoms with Crippen LogP contribution in [0.5, 0.6) is 0 Å². The zero-order valence-electron chi connectivity index (χ0n) is 15.2. The lowest BCUT2D eigenvalue weighted by Crippen LogP contribution is -2.27. The van der Waals surface area contributed by atoms with Crippen molar-refractivity contribution in [2.75, 3.05) is 18.5 Å². The quantitative estimate of drug-likeness (QED) is 0.611. The molecule has 0 bridgehead atoms. The summed E-state index contributed by atoms with van der Waals surface area (Å²) in [6, 6.07) is 15.1. The summed E-state index contributed by atoms with van der Waals surface area (Å²) in [5.74, 6) is -1.58. The second-order valence-corrected chi connectivity index (χ2v) is 6.02. The van der Waals surface area contributed by atoms with Crippen LogP contribution in [0, 0.1) is 0 Å². The summed E-state index contributed by atoms with van der Waals surface area (Å²) in [7, 11) is 0. The summed E-state index contributed by atoms with van der Waals surface area (Å²) >= 11 is 0. The minimum Gasteiger partial charge on any atom is -0.493 e. The minimum absolute atomic E-state index is 0.0986. The maximum atomic E-state index is 12.8. The van der Waals surface area contributed by atoms with E-state index >= 15 is 0 Å². The summed E-state index contributed by atoms with van der Waals surface area (Å²) in [6.07, 6.45) is -0.0385. The van der Waals surface area contributed by atoms with Crippen LogP contribution in [0.4, 0.5) is 5.69 Å². The normalized spacial score (nSPS) is 14.0. The van der Waals surface area contributed by atoms with Gasteiger partial charge in [-0.25, -0.2) is 4.79 Å². The Balaban J connectivity index is 1.81. The number of carbonyl (C=O) groups is 3. The van der Waals surface area contributed by atoms with Gasteiger partial charge in [0.2, 0.25) is 11.9 Å². The Labute approximate surface area is 161 Å². The van der Waals surface area contributed by atoms with Crippen molar-refractivity contribution in [3.05, 3.63) is 77.7 Å². The van der Waals surface area contributed by atoms with E-state index in [2.05, 4.69) is 5.32 Å². The van der Waals surface area contributed by atoms with E-state index in [-0.39, 0.29) is 18.1 Å². The van der Waals surface area contributed by atoms with Gasteiger partial charge in [0.15, 0.2) is 5.78 Å². The maximum absolute atomic E-state index is 12.8. The second-order valence-electron chi connectivity index (χ2n) is 6.02. The fourth-order valence-electron chi connectivity index (χ4n) is 2.57. The fourth-order valence-corrected chi connectivity index (χ4v) is 2.57. The Morgan fingerprint density at radius 1 is 1.04 bits per heavy atom. The van der Waals surface area contributed by atoms with Crippen LogP contribution in [0.1, 0.15) is 28.9 Å². The number of hydrogen-bond donors (Lipinski definition) is 1. The average molecular weight is 381 g/mol. The van der Waals surface area contributed by atoms with Crippen LogP contribution in [-0.2, 0) is 23.8 Å². The van der Waals surface area contributed by atoms with Gasteiger partial charge in [-0.2, -0.15) is 0 Å². The van der Waals surface area contributed by atoms with Gasteiger partial charge in [-0.1, -0.05) is 42.5 Å². The highest BCUT2D eigenvalue weighted by Gasteiger charge is 2.28. The van der Waals surface area contributed by atoms with Crippen molar-refractivity contribution >= 4 is 23.3 Å². The standard InChI is InChI=1S/C21H19NO6/c1-14(23)16-8-5-9-17(12-16)22-20(24)19(15-6-3-2-4-7-15)28-21(25)18-13-26-10-11-27-18/h2-9,12-13,19H,10-11H2,1H3,(H,22,24)/t19-/m0/s1. The molecule has 0 fully saturated rings. The molecule has 0 aliphatic carbocycles. The third kappa shape index (κ3) is 4.76. The number of carbonyl (C=O) groups excluding carboxylic acids is 3. The van der Waals surface area contributed by atoms with Gasteiger partial charge >= 0.3 is 5.97 Å². The minimum atomic E-state index is -1.21. The molecular weight excluding hydrogens is 362 g/mol. The molecule has 7 nitrogen and oxygen atoms in total. The lowest BCUT2D eigenvalue weighted by atomic mass is 10.1. The number of nitrogens with one attached hydrogen (secondary N) is 1. The molecule has 2 aromatic rings. The van der Waals surface area contributed by atoms with Crippen LogP contribution in [0.2, 0.25) is 0 Å². The van der Waals surface area contributed by atoms with Crippen LogP contribution < -0.4 is 5.32 Å². The Kier molecular flexibility index (Phi) is 6.06.